The van der Waals surface area contributed by atoms with Crippen LogP contribution in [0.5, 0.6) is 5.75 Å². The van der Waals surface area contributed by atoms with Gasteiger partial charge in [0.15, 0.2) is 0 Å². The van der Waals surface area contributed by atoms with Crippen LogP contribution < -0.4 is 20.3 Å². The summed E-state index contributed by atoms with van der Waals surface area (Å²) < 4.78 is 5.78. The topological polar surface area (TPSA) is 87.7 Å². The number of nitrogens with zero attached hydrogens (tertiary/aromatic N) is 1. The summed E-state index contributed by atoms with van der Waals surface area (Å²) in [6, 6.07) is 20.6. The Bertz CT molecular complexity index is 1270. The molecule has 2 aliphatic rings. The van der Waals surface area contributed by atoms with Gasteiger partial charge in [0.05, 0.1) is 6.61 Å². The molecule has 0 aliphatic carbocycles. The predicted octanol–water partition coefficient (Wildman–Crippen LogP) is 4.57. The highest BCUT2D eigenvalue weighted by molar-refractivity contribution is 6.07. The minimum Gasteiger partial charge on any atom is -0.494 e. The first-order valence-corrected chi connectivity index (χ1v) is 11.9. The normalized spacial score (nSPS) is 14.1. The zero-order chi connectivity index (χ0) is 24.2. The van der Waals surface area contributed by atoms with Gasteiger partial charge in [-0.05, 0) is 78.9 Å². The van der Waals surface area contributed by atoms with Crippen LogP contribution in [0.2, 0.25) is 0 Å². The molecule has 2 heterocycles. The predicted molar refractivity (Wildman–Crippen MR) is 135 cm³/mol. The van der Waals surface area contributed by atoms with E-state index in [2.05, 4.69) is 16.7 Å². The van der Waals surface area contributed by atoms with Gasteiger partial charge in [-0.3, -0.25) is 14.4 Å². The number of ether oxygens (including phenoxy) is 1. The Balaban J connectivity index is 1.08. The Morgan fingerprint density at radius 1 is 0.943 bits per heavy atom. The number of aryl methyl sites for hydroxylation is 1. The number of hydrogen-bond acceptors (Lipinski definition) is 4. The summed E-state index contributed by atoms with van der Waals surface area (Å²) in [5.74, 6) is 0.640. The van der Waals surface area contributed by atoms with Gasteiger partial charge in [0, 0.05) is 42.0 Å². The highest BCUT2D eigenvalue weighted by atomic mass is 16.5. The van der Waals surface area contributed by atoms with E-state index in [1.54, 1.807) is 24.3 Å². The second-order valence-electron chi connectivity index (χ2n) is 8.78. The number of fused-ring (bicyclic) bond motifs is 2. The number of anilines is 3. The van der Waals surface area contributed by atoms with Crippen molar-refractivity contribution in [3.63, 3.8) is 0 Å². The maximum Gasteiger partial charge on any atom is 0.258 e. The lowest BCUT2D eigenvalue weighted by Crippen LogP contribution is -2.28. The van der Waals surface area contributed by atoms with Crippen LogP contribution in [-0.2, 0) is 22.4 Å². The van der Waals surface area contributed by atoms with Crippen LogP contribution in [0.15, 0.2) is 66.7 Å². The van der Waals surface area contributed by atoms with Crippen molar-refractivity contribution in [1.82, 2.24) is 0 Å². The molecule has 0 spiro atoms. The molecule has 0 radical (unpaired) electrons. The molecule has 7 nitrogen and oxygen atoms in total. The standard InChI is InChI=1S/C28H27N3O4/c32-26(6-3-17-35-23-12-13-24-21(18-23)9-14-27(33)30-24)29-22-10-7-20(8-11-22)28(34)31-16-15-19-4-1-2-5-25(19)31/h1-2,4-5,7-8,10-13,18H,3,6,9,14-17H2,(H,29,32)(H,30,33). The average molecular weight is 470 g/mol. The van der Waals surface area contributed by atoms with Gasteiger partial charge in [-0.15, -0.1) is 0 Å². The molecular formula is C28H27N3O4. The van der Waals surface area contributed by atoms with Crippen LogP contribution in [0.1, 0.15) is 40.7 Å². The number of carbonyl (C=O) groups is 3. The van der Waals surface area contributed by atoms with Crippen molar-refractivity contribution >= 4 is 34.8 Å². The molecule has 178 valence electrons. The van der Waals surface area contributed by atoms with Crippen molar-refractivity contribution in [2.24, 2.45) is 0 Å². The summed E-state index contributed by atoms with van der Waals surface area (Å²) in [7, 11) is 0. The van der Waals surface area contributed by atoms with Gasteiger partial charge >= 0.3 is 0 Å². The molecule has 3 aromatic rings. The molecule has 3 aromatic carbocycles. The fourth-order valence-corrected chi connectivity index (χ4v) is 4.50. The van der Waals surface area contributed by atoms with Crippen LogP contribution >= 0.6 is 0 Å². The molecule has 2 N–H and O–H groups in total. The first-order valence-electron chi connectivity index (χ1n) is 11.9. The van der Waals surface area contributed by atoms with Gasteiger partial charge in [-0.25, -0.2) is 0 Å². The second kappa shape index (κ2) is 10.0. The quantitative estimate of drug-likeness (QED) is 0.496. The molecule has 35 heavy (non-hydrogen) atoms. The maximum atomic E-state index is 12.9. The number of benzene rings is 3. The van der Waals surface area contributed by atoms with E-state index in [-0.39, 0.29) is 17.7 Å². The van der Waals surface area contributed by atoms with E-state index in [0.717, 1.165) is 29.1 Å². The molecule has 0 unspecified atom stereocenters. The van der Waals surface area contributed by atoms with E-state index in [1.165, 1.54) is 5.56 Å². The second-order valence-corrected chi connectivity index (χ2v) is 8.78. The van der Waals surface area contributed by atoms with Crippen molar-refractivity contribution in [2.75, 3.05) is 28.7 Å². The van der Waals surface area contributed by atoms with E-state index in [9.17, 15) is 14.4 Å². The number of para-hydroxylation sites is 1. The number of rotatable bonds is 7. The summed E-state index contributed by atoms with van der Waals surface area (Å²) in [5, 5.41) is 5.73. The minimum atomic E-state index is -0.102. The summed E-state index contributed by atoms with van der Waals surface area (Å²) in [4.78, 5) is 38.5. The van der Waals surface area contributed by atoms with Crippen LogP contribution in [0.3, 0.4) is 0 Å². The number of nitrogens with one attached hydrogen (secondary N) is 2. The smallest absolute Gasteiger partial charge is 0.258 e. The lowest BCUT2D eigenvalue weighted by molar-refractivity contribution is -0.117. The van der Waals surface area contributed by atoms with Crippen molar-refractivity contribution in [3.8, 4) is 5.75 Å². The monoisotopic (exact) mass is 469 g/mol. The molecule has 2 aliphatic heterocycles. The third-order valence-electron chi connectivity index (χ3n) is 6.34. The molecular weight excluding hydrogens is 442 g/mol. The van der Waals surface area contributed by atoms with Gasteiger partial charge in [0.25, 0.3) is 5.91 Å². The minimum absolute atomic E-state index is 0.0328. The Kier molecular flexibility index (Phi) is 6.48. The first-order chi connectivity index (χ1) is 17.1. The van der Waals surface area contributed by atoms with E-state index in [1.807, 2.05) is 41.3 Å². The fraction of sp³-hybridized carbons (Fsp3) is 0.250. The first kappa shape index (κ1) is 22.7. The Hall–Kier alpha value is -4.13. The number of carbonyl (C=O) groups excluding carboxylic acids is 3. The molecule has 0 aromatic heterocycles. The molecule has 5 rings (SSSR count). The molecule has 0 saturated carbocycles. The van der Waals surface area contributed by atoms with E-state index in [4.69, 9.17) is 4.74 Å². The molecule has 7 heteroatoms. The number of hydrogen-bond donors (Lipinski definition) is 2. The number of amides is 3. The highest BCUT2D eigenvalue weighted by Crippen LogP contribution is 2.29. The van der Waals surface area contributed by atoms with Crippen LogP contribution in [0.25, 0.3) is 0 Å². The Labute approximate surface area is 204 Å². The maximum absolute atomic E-state index is 12.9. The van der Waals surface area contributed by atoms with Gasteiger partial charge in [0.2, 0.25) is 11.8 Å². The SMILES string of the molecule is O=C(CCCOc1ccc2c(c1)CCC(=O)N2)Nc1ccc(C(=O)N2CCc3ccccc32)cc1. The lowest BCUT2D eigenvalue weighted by Gasteiger charge is -2.18. The average Bonchev–Trinajstić information content (AvgIpc) is 3.31. The van der Waals surface area contributed by atoms with Crippen molar-refractivity contribution in [3.05, 3.63) is 83.4 Å². The summed E-state index contributed by atoms with van der Waals surface area (Å²) in [6.07, 6.45) is 2.95. The zero-order valence-corrected chi connectivity index (χ0v) is 19.4. The molecule has 0 saturated heterocycles. The van der Waals surface area contributed by atoms with Crippen molar-refractivity contribution in [1.29, 1.82) is 0 Å². The van der Waals surface area contributed by atoms with Gasteiger partial charge in [-0.1, -0.05) is 18.2 Å². The summed E-state index contributed by atoms with van der Waals surface area (Å²) in [6.45, 7) is 1.10. The van der Waals surface area contributed by atoms with E-state index < -0.39 is 0 Å². The molecule has 3 amide bonds. The zero-order valence-electron chi connectivity index (χ0n) is 19.4. The fourth-order valence-electron chi connectivity index (χ4n) is 4.50. The van der Waals surface area contributed by atoms with E-state index >= 15 is 0 Å². The Morgan fingerprint density at radius 3 is 2.63 bits per heavy atom. The lowest BCUT2D eigenvalue weighted by atomic mass is 10.0. The van der Waals surface area contributed by atoms with Crippen LogP contribution in [0, 0.1) is 0 Å². The summed E-state index contributed by atoms with van der Waals surface area (Å²) >= 11 is 0. The van der Waals surface area contributed by atoms with Gasteiger partial charge < -0.3 is 20.3 Å². The van der Waals surface area contributed by atoms with Crippen molar-refractivity contribution in [2.45, 2.75) is 32.1 Å². The van der Waals surface area contributed by atoms with E-state index in [0.29, 0.717) is 50.1 Å². The molecule has 0 atom stereocenters. The van der Waals surface area contributed by atoms with Crippen LogP contribution in [-0.4, -0.2) is 30.9 Å². The van der Waals surface area contributed by atoms with Crippen molar-refractivity contribution < 1.29 is 19.1 Å². The third kappa shape index (κ3) is 5.19. The highest BCUT2D eigenvalue weighted by Gasteiger charge is 2.25. The molecule has 0 fully saturated rings. The largest absolute Gasteiger partial charge is 0.494 e. The summed E-state index contributed by atoms with van der Waals surface area (Å²) in [5.41, 5.74) is 5.32. The van der Waals surface area contributed by atoms with Gasteiger partial charge in [-0.2, -0.15) is 0 Å². The Morgan fingerprint density at radius 2 is 1.77 bits per heavy atom. The molecule has 0 bridgehead atoms. The van der Waals surface area contributed by atoms with Gasteiger partial charge in [0.1, 0.15) is 5.75 Å². The van der Waals surface area contributed by atoms with Crippen LogP contribution in [0.4, 0.5) is 17.1 Å². The third-order valence-corrected chi connectivity index (χ3v) is 6.34.